The molecule has 0 atom stereocenters. The summed E-state index contributed by atoms with van der Waals surface area (Å²) in [4.78, 5) is 0. The minimum absolute atomic E-state index is 0. The van der Waals surface area contributed by atoms with Crippen molar-refractivity contribution in [1.82, 2.24) is 0 Å². The third-order valence-electron chi connectivity index (χ3n) is 0. The number of hydrogen-bond donors (Lipinski definition) is 0. The van der Waals surface area contributed by atoms with Crippen molar-refractivity contribution >= 4 is 88.9 Å². The summed E-state index contributed by atoms with van der Waals surface area (Å²) in [5, 5.41) is 0. The second-order valence-corrected chi connectivity index (χ2v) is 0. The van der Waals surface area contributed by atoms with Gasteiger partial charge in [0.05, 0.1) is 0 Å². The molecule has 0 amide bonds. The van der Waals surface area contributed by atoms with Gasteiger partial charge in [0.15, 0.2) is 0 Å². The van der Waals surface area contributed by atoms with Crippen LogP contribution in [0.25, 0.3) is 0 Å². The van der Waals surface area contributed by atoms with Gasteiger partial charge in [-0.3, -0.25) is 0 Å². The first kappa shape index (κ1) is 25.9. The van der Waals surface area contributed by atoms with Gasteiger partial charge in [0, 0.05) is 106 Å². The van der Waals surface area contributed by atoms with Crippen LogP contribution in [0.2, 0.25) is 0 Å². The third kappa shape index (κ3) is 9.09. The van der Waals surface area contributed by atoms with Crippen LogP contribution < -0.4 is 0 Å². The molecule has 0 spiro atoms. The average molecular weight is 430 g/mol. The molecule has 0 rings (SSSR count). The van der Waals surface area contributed by atoms with Crippen molar-refractivity contribution < 1.29 is 17.1 Å². The first-order valence-corrected chi connectivity index (χ1v) is 0. The van der Waals surface area contributed by atoms with E-state index in [0.29, 0.717) is 0 Å². The van der Waals surface area contributed by atoms with Crippen LogP contribution in [0.15, 0.2) is 0 Å². The second-order valence-electron chi connectivity index (χ2n) is 0. The molecule has 0 aliphatic carbocycles. The predicted molar refractivity (Wildman–Crippen MR) is 17.3 cm³/mol. The van der Waals surface area contributed by atoms with E-state index in [1.54, 1.807) is 0 Å². The van der Waals surface area contributed by atoms with Crippen molar-refractivity contribution in [3.63, 3.8) is 0 Å². The SMILES string of the molecule is [Ca].[Cu].[Pb].[Sn]. The molecule has 0 bridgehead atoms. The van der Waals surface area contributed by atoms with Crippen molar-refractivity contribution in [2.24, 2.45) is 0 Å². The Labute approximate surface area is 103 Å². The molecule has 0 aromatic carbocycles. The van der Waals surface area contributed by atoms with Gasteiger partial charge in [-0.15, -0.1) is 0 Å². The molecule has 0 nitrogen and oxygen atoms in total. The molecule has 0 heterocycles. The van der Waals surface area contributed by atoms with Gasteiger partial charge in [-0.2, -0.15) is 0 Å². The van der Waals surface area contributed by atoms with Gasteiger partial charge < -0.3 is 0 Å². The molecule has 0 unspecified atom stereocenters. The van der Waals surface area contributed by atoms with Gasteiger partial charge in [0.1, 0.15) is 0 Å². The molecular formula is CaCuPbSn. The molecule has 4 heteroatoms. The van der Waals surface area contributed by atoms with E-state index in [1.165, 1.54) is 0 Å². The normalized spacial score (nSPS) is 0. The molecule has 0 N–H and O–H groups in total. The van der Waals surface area contributed by atoms with E-state index >= 15 is 0 Å². The Hall–Kier alpha value is 3.50. The molecule has 0 saturated heterocycles. The van der Waals surface area contributed by atoms with E-state index in [4.69, 9.17) is 0 Å². The fraction of sp³-hybridized carbons (Fsp3) is 0. The summed E-state index contributed by atoms with van der Waals surface area (Å²) < 4.78 is 0. The van der Waals surface area contributed by atoms with Gasteiger partial charge in [-0.1, -0.05) is 0 Å². The molecule has 0 aliphatic rings. The Morgan fingerprint density at radius 3 is 1.00 bits per heavy atom. The fourth-order valence-corrected chi connectivity index (χ4v) is 0. The van der Waals surface area contributed by atoms with Crippen molar-refractivity contribution in [2.45, 2.75) is 0 Å². The van der Waals surface area contributed by atoms with Crippen molar-refractivity contribution in [2.75, 3.05) is 0 Å². The standard InChI is InChI=1S/Ca.Cu.Pb.Sn. The van der Waals surface area contributed by atoms with E-state index in [0.717, 1.165) is 0 Å². The van der Waals surface area contributed by atoms with Crippen LogP contribution in [-0.2, 0) is 17.1 Å². The largest absolute Gasteiger partial charge is 0 e. The minimum Gasteiger partial charge on any atom is 0 e. The molecule has 0 fully saturated rings. The van der Waals surface area contributed by atoms with Crippen LogP contribution in [0.5, 0.6) is 0 Å². The molecule has 0 aromatic heterocycles. The quantitative estimate of drug-likeness (QED) is 0.427. The van der Waals surface area contributed by atoms with Crippen molar-refractivity contribution in [3.8, 4) is 0 Å². The Morgan fingerprint density at radius 1 is 1.00 bits per heavy atom. The van der Waals surface area contributed by atoms with E-state index in [9.17, 15) is 0 Å². The summed E-state index contributed by atoms with van der Waals surface area (Å²) in [6.45, 7) is 0. The number of hydrogen-bond acceptors (Lipinski definition) is 0. The fourth-order valence-electron chi connectivity index (χ4n) is 0. The molecule has 0 saturated carbocycles. The summed E-state index contributed by atoms with van der Waals surface area (Å²) in [7, 11) is 0. The Kier molecular flexibility index (Phi) is 104. The number of rotatable bonds is 0. The molecular weight excluding hydrogens is 430 g/mol. The van der Waals surface area contributed by atoms with Gasteiger partial charge in [-0.25, -0.2) is 0 Å². The summed E-state index contributed by atoms with van der Waals surface area (Å²) in [6, 6.07) is 0. The first-order chi connectivity index (χ1) is 0. The molecule has 4 heavy (non-hydrogen) atoms. The summed E-state index contributed by atoms with van der Waals surface area (Å²) in [5.41, 5.74) is 0. The maximum Gasteiger partial charge on any atom is 0 e. The summed E-state index contributed by atoms with van der Waals surface area (Å²) in [5.74, 6) is 0. The zero-order valence-corrected chi connectivity index (χ0v) is 11.9. The molecule has 0 aliphatic heterocycles. The van der Waals surface area contributed by atoms with Crippen LogP contribution in [0.4, 0.5) is 0 Å². The topological polar surface area (TPSA) is 0 Å². The van der Waals surface area contributed by atoms with E-state index < -0.39 is 0 Å². The monoisotopic (exact) mass is 431 g/mol. The van der Waals surface area contributed by atoms with Crippen LogP contribution in [0, 0.1) is 0 Å². The zero-order valence-electron chi connectivity index (χ0n) is 2.01. The van der Waals surface area contributed by atoms with Gasteiger partial charge in [-0.05, 0) is 0 Å². The zero-order chi connectivity index (χ0) is 0. The van der Waals surface area contributed by atoms with Gasteiger partial charge >= 0.3 is 0 Å². The average Bonchev–Trinajstić information content (AvgIpc) is 0. The maximum absolute atomic E-state index is 0. The van der Waals surface area contributed by atoms with Crippen molar-refractivity contribution in [3.05, 3.63) is 0 Å². The second kappa shape index (κ2) is 16.1. The molecule has 0 aromatic rings. The first-order valence-electron chi connectivity index (χ1n) is 0. The minimum atomic E-state index is 0. The third-order valence-corrected chi connectivity index (χ3v) is 0. The summed E-state index contributed by atoms with van der Waals surface area (Å²) in [6.07, 6.45) is 0. The molecule has 11 radical (unpaired) electrons. The van der Waals surface area contributed by atoms with E-state index in [1.807, 2.05) is 0 Å². The van der Waals surface area contributed by atoms with Gasteiger partial charge in [0.25, 0.3) is 0 Å². The Balaban J connectivity index is 0. The summed E-state index contributed by atoms with van der Waals surface area (Å²) >= 11 is 0. The predicted octanol–water partition coefficient (Wildman–Crippen LogP) is -1.14. The van der Waals surface area contributed by atoms with Gasteiger partial charge in [0.2, 0.25) is 0 Å². The van der Waals surface area contributed by atoms with Crippen molar-refractivity contribution in [1.29, 1.82) is 0 Å². The smallest absolute Gasteiger partial charge is 0 e. The van der Waals surface area contributed by atoms with E-state index in [2.05, 4.69) is 0 Å². The maximum atomic E-state index is 0. The Bertz CT molecular complexity index is 8.00. The molecule has 21 valence electrons. The van der Waals surface area contributed by atoms with Crippen LogP contribution in [0.1, 0.15) is 0 Å². The van der Waals surface area contributed by atoms with Crippen LogP contribution in [0.3, 0.4) is 0 Å². The van der Waals surface area contributed by atoms with E-state index in [-0.39, 0.29) is 106 Å². The Morgan fingerprint density at radius 2 is 1.00 bits per heavy atom. The van der Waals surface area contributed by atoms with Crippen LogP contribution in [-0.4, -0.2) is 88.9 Å². The van der Waals surface area contributed by atoms with Crippen LogP contribution >= 0.6 is 0 Å².